The summed E-state index contributed by atoms with van der Waals surface area (Å²) in [5.74, 6) is -1.47. The van der Waals surface area contributed by atoms with Crippen LogP contribution in [0, 0.1) is 12.7 Å². The minimum Gasteiger partial charge on any atom is -0.310 e. The average Bonchev–Trinajstić information content (AvgIpc) is 2.27. The van der Waals surface area contributed by atoms with Crippen molar-refractivity contribution in [3.05, 3.63) is 39.2 Å². The number of aryl methyl sites for hydroxylation is 1. The predicted octanol–water partition coefficient (Wildman–Crippen LogP) is 3.85. The third kappa shape index (κ3) is 2.44. The molecule has 8 heteroatoms. The third-order valence-electron chi connectivity index (χ3n) is 2.80. The summed E-state index contributed by atoms with van der Waals surface area (Å²) >= 11 is 2.99. The maximum atomic E-state index is 14.2. The number of H-pyrrole nitrogens is 1. The Hall–Kier alpha value is -1.44. The van der Waals surface area contributed by atoms with E-state index in [9.17, 15) is 22.4 Å². The number of benzene rings is 1. The topological polar surface area (TPSA) is 45.8 Å². The van der Waals surface area contributed by atoms with E-state index in [1.165, 1.54) is 13.8 Å². The molecule has 0 bridgehead atoms. The number of rotatable bonds is 1. The Morgan fingerprint density at radius 3 is 2.50 bits per heavy atom. The highest BCUT2D eigenvalue weighted by Crippen LogP contribution is 2.40. The predicted molar refractivity (Wildman–Crippen MR) is 69.4 cm³/mol. The van der Waals surface area contributed by atoms with Crippen LogP contribution in [-0.2, 0) is 6.18 Å². The molecule has 1 aromatic heterocycles. The molecule has 2 aromatic rings. The van der Waals surface area contributed by atoms with Gasteiger partial charge >= 0.3 is 6.18 Å². The van der Waals surface area contributed by atoms with Crippen molar-refractivity contribution in [1.82, 2.24) is 9.97 Å². The van der Waals surface area contributed by atoms with Gasteiger partial charge in [-0.2, -0.15) is 13.2 Å². The Labute approximate surface area is 119 Å². The van der Waals surface area contributed by atoms with Crippen molar-refractivity contribution in [3.63, 3.8) is 0 Å². The molecule has 1 aromatic carbocycles. The highest BCUT2D eigenvalue weighted by molar-refractivity contribution is 9.09. The lowest BCUT2D eigenvalue weighted by Gasteiger charge is -2.16. The van der Waals surface area contributed by atoms with Crippen molar-refractivity contribution < 1.29 is 17.6 Å². The van der Waals surface area contributed by atoms with Gasteiger partial charge in [0.25, 0.3) is 5.56 Å². The molecule has 0 radical (unpaired) electrons. The summed E-state index contributed by atoms with van der Waals surface area (Å²) in [5, 5.41) is -0.206. The molecule has 1 unspecified atom stereocenters. The van der Waals surface area contributed by atoms with E-state index >= 15 is 0 Å². The van der Waals surface area contributed by atoms with E-state index in [0.29, 0.717) is 0 Å². The fourth-order valence-electron chi connectivity index (χ4n) is 1.97. The van der Waals surface area contributed by atoms with Crippen LogP contribution >= 0.6 is 15.9 Å². The van der Waals surface area contributed by atoms with E-state index in [1.807, 2.05) is 0 Å². The van der Waals surface area contributed by atoms with E-state index in [4.69, 9.17) is 0 Å². The van der Waals surface area contributed by atoms with Gasteiger partial charge in [-0.15, -0.1) is 0 Å². The van der Waals surface area contributed by atoms with Crippen molar-refractivity contribution in [2.24, 2.45) is 0 Å². The van der Waals surface area contributed by atoms with Crippen LogP contribution in [0.3, 0.4) is 0 Å². The number of aromatic amines is 1. The van der Waals surface area contributed by atoms with Gasteiger partial charge in [0.15, 0.2) is 5.82 Å². The zero-order chi connectivity index (χ0) is 15.2. The molecule has 0 fully saturated rings. The summed E-state index contributed by atoms with van der Waals surface area (Å²) in [7, 11) is 0. The molecule has 3 nitrogen and oxygen atoms in total. The number of hydrogen-bond donors (Lipinski definition) is 1. The SMILES string of the molecule is Cc1nc2c(F)c(C(F)(F)F)c(C(C)Br)cc2c(=O)[nH]1. The molecule has 108 valence electrons. The normalized spacial score (nSPS) is 13.8. The van der Waals surface area contributed by atoms with Crippen LogP contribution < -0.4 is 5.56 Å². The molecule has 0 saturated heterocycles. The largest absolute Gasteiger partial charge is 0.419 e. The summed E-state index contributed by atoms with van der Waals surface area (Å²) in [6.45, 7) is 2.79. The lowest BCUT2D eigenvalue weighted by Crippen LogP contribution is -2.17. The van der Waals surface area contributed by atoms with Crippen LogP contribution in [0.1, 0.15) is 28.7 Å². The standard InChI is InChI=1S/C12H9BrF4N2O/c1-4(13)6-3-7-10(18-5(2)19-11(7)20)9(14)8(6)12(15,16)17/h3-4H,1-2H3,(H,18,19,20). The minimum absolute atomic E-state index is 0.0502. The smallest absolute Gasteiger partial charge is 0.310 e. The van der Waals surface area contributed by atoms with Gasteiger partial charge in [-0.25, -0.2) is 9.37 Å². The van der Waals surface area contributed by atoms with Crippen LogP contribution in [0.15, 0.2) is 10.9 Å². The highest BCUT2D eigenvalue weighted by atomic mass is 79.9. The average molecular weight is 353 g/mol. The van der Waals surface area contributed by atoms with Crippen molar-refractivity contribution >= 4 is 26.8 Å². The number of hydrogen-bond acceptors (Lipinski definition) is 2. The lowest BCUT2D eigenvalue weighted by atomic mass is 10.0. The van der Waals surface area contributed by atoms with E-state index in [2.05, 4.69) is 25.9 Å². The fraction of sp³-hybridized carbons (Fsp3) is 0.333. The maximum absolute atomic E-state index is 14.2. The van der Waals surface area contributed by atoms with Crippen molar-refractivity contribution in [2.75, 3.05) is 0 Å². The molecule has 20 heavy (non-hydrogen) atoms. The van der Waals surface area contributed by atoms with Gasteiger partial charge in [0.1, 0.15) is 11.3 Å². The van der Waals surface area contributed by atoms with Crippen LogP contribution in [-0.4, -0.2) is 9.97 Å². The fourth-order valence-corrected chi connectivity index (χ4v) is 2.33. The van der Waals surface area contributed by atoms with E-state index in [0.717, 1.165) is 6.07 Å². The van der Waals surface area contributed by atoms with E-state index < -0.39 is 33.5 Å². The Bertz CT molecular complexity index is 737. The number of halogens is 5. The molecule has 0 amide bonds. The molecular weight excluding hydrogens is 344 g/mol. The molecule has 0 spiro atoms. The highest BCUT2D eigenvalue weighted by Gasteiger charge is 2.39. The van der Waals surface area contributed by atoms with Crippen LogP contribution in [0.2, 0.25) is 0 Å². The molecule has 0 aliphatic rings. The molecule has 0 aliphatic heterocycles. The Balaban J connectivity index is 3.02. The number of aromatic nitrogens is 2. The molecule has 1 heterocycles. The van der Waals surface area contributed by atoms with Crippen LogP contribution in [0.5, 0.6) is 0 Å². The van der Waals surface area contributed by atoms with Crippen molar-refractivity contribution in [1.29, 1.82) is 0 Å². The monoisotopic (exact) mass is 352 g/mol. The third-order valence-corrected chi connectivity index (χ3v) is 3.29. The Morgan fingerprint density at radius 1 is 1.40 bits per heavy atom. The van der Waals surface area contributed by atoms with Gasteiger partial charge in [-0.1, -0.05) is 15.9 Å². The van der Waals surface area contributed by atoms with Crippen LogP contribution in [0.4, 0.5) is 17.6 Å². The Kier molecular flexibility index (Phi) is 3.62. The summed E-state index contributed by atoms with van der Waals surface area (Å²) in [5.41, 5.74) is -2.98. The zero-order valence-electron chi connectivity index (χ0n) is 10.4. The molecular formula is C12H9BrF4N2O. The second kappa shape index (κ2) is 4.83. The lowest BCUT2D eigenvalue weighted by molar-refractivity contribution is -0.140. The van der Waals surface area contributed by atoms with E-state index in [1.54, 1.807) is 0 Å². The number of fused-ring (bicyclic) bond motifs is 1. The zero-order valence-corrected chi connectivity index (χ0v) is 12.0. The summed E-state index contributed by atoms with van der Waals surface area (Å²) < 4.78 is 53.3. The van der Waals surface area contributed by atoms with Gasteiger partial charge in [0, 0.05) is 4.83 Å². The maximum Gasteiger partial charge on any atom is 0.419 e. The van der Waals surface area contributed by atoms with Gasteiger partial charge in [0.05, 0.1) is 10.9 Å². The minimum atomic E-state index is -4.87. The van der Waals surface area contributed by atoms with Gasteiger partial charge < -0.3 is 4.98 Å². The first-order chi connectivity index (χ1) is 9.12. The number of nitrogens with zero attached hydrogens (tertiary/aromatic N) is 1. The first-order valence-electron chi connectivity index (χ1n) is 5.57. The van der Waals surface area contributed by atoms with Gasteiger partial charge in [0.2, 0.25) is 0 Å². The van der Waals surface area contributed by atoms with E-state index in [-0.39, 0.29) is 16.8 Å². The number of nitrogens with one attached hydrogen (secondary N) is 1. The van der Waals surface area contributed by atoms with Crippen molar-refractivity contribution in [2.45, 2.75) is 24.9 Å². The van der Waals surface area contributed by atoms with Crippen molar-refractivity contribution in [3.8, 4) is 0 Å². The molecule has 1 atom stereocenters. The summed E-state index contributed by atoms with van der Waals surface area (Å²) in [4.78, 5) is 17.0. The van der Waals surface area contributed by atoms with Gasteiger partial charge in [-0.05, 0) is 25.5 Å². The number of alkyl halides is 4. The molecule has 0 aliphatic carbocycles. The second-order valence-electron chi connectivity index (χ2n) is 4.32. The molecule has 2 rings (SSSR count). The first-order valence-corrected chi connectivity index (χ1v) is 6.48. The summed E-state index contributed by atoms with van der Waals surface area (Å²) in [6, 6.07) is 1.02. The van der Waals surface area contributed by atoms with Gasteiger partial charge in [-0.3, -0.25) is 4.79 Å². The Morgan fingerprint density at radius 2 is 2.00 bits per heavy atom. The van der Waals surface area contributed by atoms with Crippen LogP contribution in [0.25, 0.3) is 10.9 Å². The quantitative estimate of drug-likeness (QED) is 0.625. The molecule has 0 saturated carbocycles. The first kappa shape index (κ1) is 15.0. The molecule has 1 N–H and O–H groups in total. The second-order valence-corrected chi connectivity index (χ2v) is 5.69. The summed E-state index contributed by atoms with van der Waals surface area (Å²) in [6.07, 6.45) is -4.87.